The largest absolute Gasteiger partial charge is 0.855 e. The van der Waals surface area contributed by atoms with Crippen LogP contribution in [0.1, 0.15) is 94.2 Å². The Balaban J connectivity index is 0.000000676. The molecule has 114 heavy (non-hydrogen) atoms. The van der Waals surface area contributed by atoms with E-state index in [-0.39, 0.29) is 148 Å². The van der Waals surface area contributed by atoms with Crippen LogP contribution in [-0.2, 0) is 99.6 Å². The Morgan fingerprint density at radius 3 is 1.30 bits per heavy atom. The zero-order valence-corrected chi connectivity index (χ0v) is 75.5. The second-order valence-electron chi connectivity index (χ2n) is 26.7. The molecular weight excluding hydrogens is 2170 g/mol. The first-order valence-corrected chi connectivity index (χ1v) is 35.1. The predicted molar refractivity (Wildman–Crippen MR) is 445 cm³/mol. The molecule has 13 nitrogen and oxygen atoms in total. The minimum atomic E-state index is -0.670. The smallest absolute Gasteiger partial charge is 0.164 e. The molecule has 12 aromatic rings. The van der Waals surface area contributed by atoms with Gasteiger partial charge in [-0.05, 0) is 111 Å². The van der Waals surface area contributed by atoms with Crippen molar-refractivity contribution in [2.24, 2.45) is 10.8 Å². The van der Waals surface area contributed by atoms with E-state index < -0.39 is 17.0 Å². The quantitative estimate of drug-likeness (QED) is 0.0334. The number of halogens is 3. The van der Waals surface area contributed by atoms with E-state index in [0.717, 1.165) is 67.7 Å². The van der Waals surface area contributed by atoms with Gasteiger partial charge in [0, 0.05) is 138 Å². The number of allylic oxidation sites excluding steroid dienone is 10. The fraction of sp³-hybridized carbons (Fsp3) is 0.160. The number of aliphatic hydroxyl groups excluding tert-OH is 4. The minimum absolute atomic E-state index is 0. The minimum Gasteiger partial charge on any atom is -0.855 e. The van der Waals surface area contributed by atoms with E-state index in [2.05, 4.69) is 108 Å². The van der Waals surface area contributed by atoms with Crippen molar-refractivity contribution in [1.82, 2.24) is 15.0 Å². The number of para-hydroxylation sites is 3. The average molecular weight is 2260 g/mol. The summed E-state index contributed by atoms with van der Waals surface area (Å²) in [5, 5.41) is 54.2. The monoisotopic (exact) mass is 2260 g/mol. The van der Waals surface area contributed by atoms with Gasteiger partial charge in [-0.1, -0.05) is 211 Å². The van der Waals surface area contributed by atoms with Crippen LogP contribution in [0, 0.1) is 59.1 Å². The summed E-state index contributed by atoms with van der Waals surface area (Å²) >= 11 is 5.27. The van der Waals surface area contributed by atoms with Gasteiger partial charge in [-0.15, -0.1) is 120 Å². The Bertz CT molecular complexity index is 5210. The molecule has 0 fully saturated rings. The van der Waals surface area contributed by atoms with E-state index in [1.54, 1.807) is 18.2 Å². The maximum atomic E-state index is 14.2. The van der Waals surface area contributed by atoms with Crippen molar-refractivity contribution in [3.63, 3.8) is 0 Å². The maximum absolute atomic E-state index is 14.2. The number of pyridine rings is 3. The van der Waals surface area contributed by atoms with Crippen molar-refractivity contribution < 1.29 is 129 Å². The Morgan fingerprint density at radius 1 is 0.456 bits per heavy atom. The first kappa shape index (κ1) is 102. The zero-order valence-electron chi connectivity index (χ0n) is 65.2. The van der Waals surface area contributed by atoms with E-state index >= 15 is 0 Å². The molecule has 12 rings (SSSR count). The first-order chi connectivity index (χ1) is 52.1. The number of aliphatic hydroxyl groups is 4. The van der Waals surface area contributed by atoms with Crippen LogP contribution in [0.25, 0.3) is 94.1 Å². The van der Waals surface area contributed by atoms with Gasteiger partial charge in [0.2, 0.25) is 0 Å². The first-order valence-electron chi connectivity index (χ1n) is 34.7. The number of fused-ring (bicyclic) bond motifs is 3. The van der Waals surface area contributed by atoms with Crippen LogP contribution in [0.3, 0.4) is 0 Å². The van der Waals surface area contributed by atoms with Crippen LogP contribution in [-0.4, -0.2) is 69.4 Å². The Hall–Kier alpha value is -10.1. The Morgan fingerprint density at radius 2 is 0.886 bits per heavy atom. The van der Waals surface area contributed by atoms with E-state index in [4.69, 9.17) is 37.3 Å². The Labute approximate surface area is 726 Å². The molecule has 600 valence electrons. The maximum Gasteiger partial charge on any atom is 0.164 e. The van der Waals surface area contributed by atoms with Gasteiger partial charge in [0.25, 0.3) is 0 Å². The number of carbonyl (C=O) groups excluding carboxylic acids is 4. The van der Waals surface area contributed by atoms with Gasteiger partial charge in [0.05, 0.1) is 33.8 Å². The van der Waals surface area contributed by atoms with Crippen molar-refractivity contribution in [1.29, 1.82) is 5.41 Å². The number of aryl methyl sites for hydroxylation is 1. The summed E-state index contributed by atoms with van der Waals surface area (Å²) in [4.78, 5) is 55.5. The van der Waals surface area contributed by atoms with Crippen LogP contribution in [0.15, 0.2) is 296 Å². The topological polar surface area (TPSA) is 234 Å². The third-order valence-electron chi connectivity index (χ3n) is 15.0. The number of hydrogen-bond donors (Lipinski definition) is 5. The van der Waals surface area contributed by atoms with Crippen LogP contribution < -0.4 is 0 Å². The number of aromatic nitrogens is 3. The fourth-order valence-corrected chi connectivity index (χ4v) is 9.82. The fourth-order valence-electron chi connectivity index (χ4n) is 9.76. The zero-order chi connectivity index (χ0) is 81.1. The van der Waals surface area contributed by atoms with Gasteiger partial charge in [-0.3, -0.25) is 48.3 Å². The molecule has 0 amide bonds. The molecule has 0 spiro atoms. The van der Waals surface area contributed by atoms with Crippen LogP contribution in [0.2, 0.25) is 0 Å². The van der Waals surface area contributed by atoms with Crippen LogP contribution in [0.5, 0.6) is 0 Å². The molecule has 3 aromatic heterocycles. The molecule has 0 aliphatic rings. The van der Waals surface area contributed by atoms with E-state index in [0.29, 0.717) is 11.3 Å². The number of benzene rings is 9. The Kier molecular flexibility index (Phi) is 46.1. The van der Waals surface area contributed by atoms with Crippen molar-refractivity contribution >= 4 is 78.3 Å². The van der Waals surface area contributed by atoms with Gasteiger partial charge < -0.3 is 25.8 Å². The van der Waals surface area contributed by atoms with Crippen molar-refractivity contribution in [2.75, 3.05) is 0 Å². The molecular formula is C94H89ClF2Ir4N5O8-5. The van der Waals surface area contributed by atoms with E-state index in [9.17, 15) is 38.5 Å². The van der Waals surface area contributed by atoms with Crippen molar-refractivity contribution in [3.05, 3.63) is 349 Å². The van der Waals surface area contributed by atoms with Gasteiger partial charge in [0.1, 0.15) is 10.9 Å². The summed E-state index contributed by atoms with van der Waals surface area (Å²) in [6, 6.07) is 87.6. The standard InChI is InChI=1S/C22H16N.C21H12F2N.C15H10N.C11H20O2.C10H7ClN2.3C5H8O2.4Ir/c1-16-9-5-6-12-18(16)22-15-20(17-10-3-2-4-11-17)19-13-7-8-14-21(19)23-22;22-15-10-11-17(19(23)12-15)21-13-18(14-6-2-1-3-7-14)16-8-4-5-9-20(16)24-21;1-2-6-12(7-3-1)15-11-10-13-8-4-5-9-14(13)16-15;1-10(2,3)8(12)7-9(13)11(4,5)6;11-10(13)7-6-9(12)8-4-2-1-3-5-8;3*1-4(6)3-5(2)7;;;;/h2-11,13-15H,1H3;1-10,12-13H;1-6,8-11H;7,12H,1-6H3;1-4,6-7,13H;3*3,6H,1-2H3;;;;/q3*-1;;-2;;;;;;;/b;;;;7-6-,13-10?;;;;;;;. The second-order valence-corrected chi connectivity index (χ2v) is 27.1. The normalized spacial score (nSPS) is 10.9. The summed E-state index contributed by atoms with van der Waals surface area (Å²) in [5.41, 5.74) is 12.9. The van der Waals surface area contributed by atoms with Crippen LogP contribution in [0.4, 0.5) is 8.78 Å². The van der Waals surface area contributed by atoms with Gasteiger partial charge in [-0.2, -0.15) is 5.56 Å². The second kappa shape index (κ2) is 51.6. The third-order valence-corrected chi connectivity index (χ3v) is 15.1. The molecule has 0 aliphatic heterocycles. The van der Waals surface area contributed by atoms with Gasteiger partial charge in [-0.25, -0.2) is 5.71 Å². The molecule has 3 heterocycles. The number of nitrogens with one attached hydrogen (secondary N) is 1. The van der Waals surface area contributed by atoms with Gasteiger partial charge in [0.15, 0.2) is 23.1 Å². The summed E-state index contributed by atoms with van der Waals surface area (Å²) < 4.78 is 27.3. The molecule has 0 aliphatic carbocycles. The summed E-state index contributed by atoms with van der Waals surface area (Å²) in [7, 11) is 0. The molecule has 4 radical (unpaired) electrons. The SMILES string of the molecule is CC(=O)C=C(C)O.CC(=O)C=C(C)O.CC(=O)C=C(C)O.CC(C)(C)C(=O)C=C(O)C(C)(C)C.Cc1ccc[c-]c1-c1cc(-c2ccccc2)c2ccccc2n1.Fc1c[c-]c(-c2cc(-c3ccccc3)c3ccccc3n2)c(F)c1.[Ir].[Ir].[Ir].[Ir].[N-]=C(/C=C\C(=N)Cl)c1[c-]cccc1.[c-]1ccccc1-c1ccc2ccccc2n1. The molecule has 5 N–H and O–H groups in total. The number of nitrogens with zero attached hydrogens (tertiary/aromatic N) is 4. The van der Waals surface area contributed by atoms with Gasteiger partial charge >= 0.3 is 0 Å². The molecule has 0 bridgehead atoms. The number of carbonyl (C=O) groups is 4. The van der Waals surface area contributed by atoms with Crippen molar-refractivity contribution in [3.8, 4) is 56.0 Å². The van der Waals surface area contributed by atoms with Crippen LogP contribution >= 0.6 is 11.6 Å². The third kappa shape index (κ3) is 36.4. The van der Waals surface area contributed by atoms with E-state index in [1.807, 2.05) is 181 Å². The van der Waals surface area contributed by atoms with E-state index in [1.165, 1.54) is 105 Å². The predicted octanol–water partition coefficient (Wildman–Crippen LogP) is 23.8. The molecule has 20 heteroatoms. The number of hydrogen-bond acceptors (Lipinski definition) is 12. The summed E-state index contributed by atoms with van der Waals surface area (Å²) in [6.07, 6.45) is 7.50. The molecule has 0 saturated heterocycles. The van der Waals surface area contributed by atoms with Crippen molar-refractivity contribution in [2.45, 2.75) is 90.0 Å². The number of rotatable bonds is 12. The summed E-state index contributed by atoms with van der Waals surface area (Å²) in [6.45, 7) is 21.8. The molecule has 0 saturated carbocycles. The average Bonchev–Trinajstić information content (AvgIpc) is 0.783. The molecule has 0 unspecified atom stereocenters. The molecule has 9 aromatic carbocycles. The number of ketones is 4. The summed E-state index contributed by atoms with van der Waals surface area (Å²) in [5.74, 6) is -1.41. The molecule has 0 atom stereocenters.